The summed E-state index contributed by atoms with van der Waals surface area (Å²) < 4.78 is 8.24. The SMILES string of the molecule is Cc1cccc(Cl)c1COc1c(Br)cnn1C. The zero-order valence-electron chi connectivity index (χ0n) is 9.58. The largest absolute Gasteiger partial charge is 0.472 e. The summed E-state index contributed by atoms with van der Waals surface area (Å²) in [5.41, 5.74) is 2.12. The molecule has 90 valence electrons. The summed E-state index contributed by atoms with van der Waals surface area (Å²) in [6.07, 6.45) is 1.70. The van der Waals surface area contributed by atoms with Gasteiger partial charge in [0.25, 0.3) is 0 Å². The summed E-state index contributed by atoms with van der Waals surface area (Å²) in [6.45, 7) is 2.45. The second kappa shape index (κ2) is 5.10. The molecule has 2 rings (SSSR count). The molecule has 0 aliphatic carbocycles. The van der Waals surface area contributed by atoms with Crippen LogP contribution in [0.4, 0.5) is 0 Å². The number of aromatic nitrogens is 2. The van der Waals surface area contributed by atoms with Crippen LogP contribution in [0, 0.1) is 6.92 Å². The Kier molecular flexibility index (Phi) is 3.74. The van der Waals surface area contributed by atoms with Gasteiger partial charge in [-0.25, -0.2) is 4.68 Å². The van der Waals surface area contributed by atoms with Gasteiger partial charge < -0.3 is 4.74 Å². The van der Waals surface area contributed by atoms with Gasteiger partial charge in [-0.15, -0.1) is 0 Å². The molecular weight excluding hydrogens is 304 g/mol. The van der Waals surface area contributed by atoms with Crippen LogP contribution in [0.3, 0.4) is 0 Å². The first-order valence-electron chi connectivity index (χ1n) is 5.14. The lowest BCUT2D eigenvalue weighted by Crippen LogP contribution is -2.03. The average molecular weight is 316 g/mol. The van der Waals surface area contributed by atoms with Crippen LogP contribution in [-0.4, -0.2) is 9.78 Å². The molecule has 0 fully saturated rings. The molecule has 0 aliphatic rings. The van der Waals surface area contributed by atoms with Gasteiger partial charge in [0.05, 0.1) is 10.7 Å². The summed E-state index contributed by atoms with van der Waals surface area (Å²) >= 11 is 9.52. The van der Waals surface area contributed by atoms with Gasteiger partial charge in [-0.1, -0.05) is 23.7 Å². The van der Waals surface area contributed by atoms with Crippen molar-refractivity contribution in [1.29, 1.82) is 0 Å². The molecule has 0 saturated heterocycles. The van der Waals surface area contributed by atoms with Crippen molar-refractivity contribution in [3.63, 3.8) is 0 Å². The number of benzene rings is 1. The molecule has 0 radical (unpaired) electrons. The molecule has 1 aromatic heterocycles. The third-order valence-corrected chi connectivity index (χ3v) is 3.45. The van der Waals surface area contributed by atoms with Crippen LogP contribution in [0.15, 0.2) is 28.9 Å². The van der Waals surface area contributed by atoms with Crippen molar-refractivity contribution in [2.75, 3.05) is 0 Å². The van der Waals surface area contributed by atoms with E-state index in [0.717, 1.165) is 20.6 Å². The van der Waals surface area contributed by atoms with E-state index in [9.17, 15) is 0 Å². The van der Waals surface area contributed by atoms with Crippen molar-refractivity contribution in [1.82, 2.24) is 9.78 Å². The van der Waals surface area contributed by atoms with E-state index >= 15 is 0 Å². The fraction of sp³-hybridized carbons (Fsp3) is 0.250. The predicted molar refractivity (Wildman–Crippen MR) is 71.4 cm³/mol. The second-order valence-corrected chi connectivity index (χ2v) is 5.01. The molecule has 0 N–H and O–H groups in total. The van der Waals surface area contributed by atoms with Crippen molar-refractivity contribution in [3.8, 4) is 5.88 Å². The minimum Gasteiger partial charge on any atom is -0.472 e. The van der Waals surface area contributed by atoms with Gasteiger partial charge in [-0.05, 0) is 34.5 Å². The van der Waals surface area contributed by atoms with Gasteiger partial charge >= 0.3 is 0 Å². The Hall–Kier alpha value is -1.00. The van der Waals surface area contributed by atoms with Crippen molar-refractivity contribution in [3.05, 3.63) is 45.0 Å². The first-order chi connectivity index (χ1) is 8.09. The highest BCUT2D eigenvalue weighted by Gasteiger charge is 2.09. The molecule has 0 aliphatic heterocycles. The van der Waals surface area contributed by atoms with Gasteiger partial charge in [-0.2, -0.15) is 5.10 Å². The summed E-state index contributed by atoms with van der Waals surface area (Å²) in [5.74, 6) is 0.698. The zero-order valence-corrected chi connectivity index (χ0v) is 11.9. The molecule has 1 heterocycles. The highest BCUT2D eigenvalue weighted by molar-refractivity contribution is 9.10. The van der Waals surface area contributed by atoms with Crippen LogP contribution < -0.4 is 4.74 Å². The van der Waals surface area contributed by atoms with E-state index in [1.54, 1.807) is 10.9 Å². The van der Waals surface area contributed by atoms with E-state index < -0.39 is 0 Å². The third kappa shape index (κ3) is 2.64. The fourth-order valence-corrected chi connectivity index (χ4v) is 2.29. The van der Waals surface area contributed by atoms with Crippen molar-refractivity contribution >= 4 is 27.5 Å². The molecule has 5 heteroatoms. The second-order valence-electron chi connectivity index (χ2n) is 3.75. The van der Waals surface area contributed by atoms with E-state index in [2.05, 4.69) is 21.0 Å². The molecule has 17 heavy (non-hydrogen) atoms. The first kappa shape index (κ1) is 12.5. The summed E-state index contributed by atoms with van der Waals surface area (Å²) in [4.78, 5) is 0. The van der Waals surface area contributed by atoms with Gasteiger partial charge in [0.15, 0.2) is 0 Å². The van der Waals surface area contributed by atoms with E-state index in [1.807, 2.05) is 32.2 Å². The van der Waals surface area contributed by atoms with Gasteiger partial charge in [0, 0.05) is 17.6 Å². The lowest BCUT2D eigenvalue weighted by Gasteiger charge is -2.10. The maximum atomic E-state index is 6.14. The summed E-state index contributed by atoms with van der Waals surface area (Å²) in [5, 5.41) is 4.81. The lowest BCUT2D eigenvalue weighted by molar-refractivity contribution is 0.276. The molecule has 2 aromatic rings. The average Bonchev–Trinajstić information content (AvgIpc) is 2.59. The van der Waals surface area contributed by atoms with Crippen molar-refractivity contribution in [2.45, 2.75) is 13.5 Å². The monoisotopic (exact) mass is 314 g/mol. The highest BCUT2D eigenvalue weighted by Crippen LogP contribution is 2.26. The molecule has 1 aromatic carbocycles. The van der Waals surface area contributed by atoms with E-state index in [-0.39, 0.29) is 0 Å². The van der Waals surface area contributed by atoms with Crippen LogP contribution in [-0.2, 0) is 13.7 Å². The number of hydrogen-bond acceptors (Lipinski definition) is 2. The number of nitrogens with zero attached hydrogens (tertiary/aromatic N) is 2. The molecule has 0 spiro atoms. The number of aryl methyl sites for hydroxylation is 2. The Balaban J connectivity index is 2.18. The van der Waals surface area contributed by atoms with Crippen molar-refractivity contribution in [2.24, 2.45) is 7.05 Å². The van der Waals surface area contributed by atoms with E-state index in [0.29, 0.717) is 12.5 Å². The zero-order chi connectivity index (χ0) is 12.4. The van der Waals surface area contributed by atoms with Gasteiger partial charge in [0.2, 0.25) is 5.88 Å². The van der Waals surface area contributed by atoms with Crippen LogP contribution in [0.1, 0.15) is 11.1 Å². The normalized spacial score (nSPS) is 10.6. The maximum absolute atomic E-state index is 6.14. The Morgan fingerprint density at radius 2 is 2.24 bits per heavy atom. The van der Waals surface area contributed by atoms with Crippen LogP contribution >= 0.6 is 27.5 Å². The minimum absolute atomic E-state index is 0.434. The minimum atomic E-state index is 0.434. The topological polar surface area (TPSA) is 27.1 Å². The van der Waals surface area contributed by atoms with Gasteiger partial charge in [-0.3, -0.25) is 0 Å². The number of ether oxygens (including phenoxy) is 1. The predicted octanol–water partition coefficient (Wildman–Crippen LogP) is 3.72. The van der Waals surface area contributed by atoms with Gasteiger partial charge in [0.1, 0.15) is 6.61 Å². The smallest absolute Gasteiger partial charge is 0.226 e. The summed E-state index contributed by atoms with van der Waals surface area (Å²) in [6, 6.07) is 5.82. The number of rotatable bonds is 3. The molecular formula is C12H12BrClN2O. The van der Waals surface area contributed by atoms with E-state index in [1.165, 1.54) is 0 Å². The van der Waals surface area contributed by atoms with Crippen LogP contribution in [0.5, 0.6) is 5.88 Å². The Morgan fingerprint density at radius 1 is 1.47 bits per heavy atom. The lowest BCUT2D eigenvalue weighted by atomic mass is 10.1. The number of hydrogen-bond donors (Lipinski definition) is 0. The van der Waals surface area contributed by atoms with Crippen LogP contribution in [0.2, 0.25) is 5.02 Å². The maximum Gasteiger partial charge on any atom is 0.226 e. The Labute approximate surface area is 113 Å². The highest BCUT2D eigenvalue weighted by atomic mass is 79.9. The molecule has 0 saturated carbocycles. The molecule has 0 bridgehead atoms. The summed E-state index contributed by atoms with van der Waals surface area (Å²) in [7, 11) is 1.83. The van der Waals surface area contributed by atoms with Crippen molar-refractivity contribution < 1.29 is 4.74 Å². The van der Waals surface area contributed by atoms with E-state index in [4.69, 9.17) is 16.3 Å². The molecule has 0 atom stereocenters. The fourth-order valence-electron chi connectivity index (χ4n) is 1.55. The Bertz CT molecular complexity index is 500. The standard InChI is InChI=1S/C12H12BrClN2O/c1-8-4-3-5-11(14)9(8)7-17-12-10(13)6-15-16(12)2/h3-6H,7H2,1-2H3. The quantitative estimate of drug-likeness (QED) is 0.863. The van der Waals surface area contributed by atoms with Crippen LogP contribution in [0.25, 0.3) is 0 Å². The molecule has 3 nitrogen and oxygen atoms in total. The number of halogens is 2. The molecule has 0 unspecified atom stereocenters. The first-order valence-corrected chi connectivity index (χ1v) is 6.31. The third-order valence-electron chi connectivity index (χ3n) is 2.55. The Morgan fingerprint density at radius 3 is 2.82 bits per heavy atom. The molecule has 0 amide bonds.